The number of nitrogens with one attached hydrogen (secondary N) is 1. The highest BCUT2D eigenvalue weighted by molar-refractivity contribution is 7.84. The van der Waals surface area contributed by atoms with E-state index in [1.54, 1.807) is 12.5 Å². The van der Waals surface area contributed by atoms with Crippen LogP contribution in [0.5, 0.6) is 0 Å². The average molecular weight is 287 g/mol. The van der Waals surface area contributed by atoms with Gasteiger partial charge in [-0.15, -0.1) is 0 Å². The minimum Gasteiger partial charge on any atom is -0.383 e. The SMILES string of the molecule is CC(CCNc1c(C#N)cnc2ccccc12)S(C)=O. The van der Waals surface area contributed by atoms with Crippen molar-refractivity contribution in [3.8, 4) is 6.07 Å². The molecular weight excluding hydrogens is 270 g/mol. The number of nitrogens with zero attached hydrogens (tertiary/aromatic N) is 2. The second kappa shape index (κ2) is 6.49. The fourth-order valence-electron chi connectivity index (χ4n) is 1.98. The molecule has 2 atom stereocenters. The van der Waals surface area contributed by atoms with E-state index in [2.05, 4.69) is 16.4 Å². The van der Waals surface area contributed by atoms with Gasteiger partial charge in [-0.25, -0.2) is 0 Å². The molecule has 0 saturated heterocycles. The molecule has 0 amide bonds. The van der Waals surface area contributed by atoms with E-state index in [1.165, 1.54) is 0 Å². The molecule has 1 heterocycles. The molecule has 104 valence electrons. The molecule has 0 saturated carbocycles. The lowest BCUT2D eigenvalue weighted by atomic mass is 10.1. The highest BCUT2D eigenvalue weighted by Crippen LogP contribution is 2.25. The van der Waals surface area contributed by atoms with Crippen LogP contribution in [-0.4, -0.2) is 27.2 Å². The number of para-hydroxylation sites is 1. The lowest BCUT2D eigenvalue weighted by Crippen LogP contribution is -2.15. The van der Waals surface area contributed by atoms with Crippen LogP contribution in [0.3, 0.4) is 0 Å². The summed E-state index contributed by atoms with van der Waals surface area (Å²) in [5.41, 5.74) is 2.21. The normalized spacial score (nSPS) is 13.7. The van der Waals surface area contributed by atoms with Crippen LogP contribution in [-0.2, 0) is 10.8 Å². The smallest absolute Gasteiger partial charge is 0.103 e. The molecule has 4 nitrogen and oxygen atoms in total. The first kappa shape index (κ1) is 14.5. The summed E-state index contributed by atoms with van der Waals surface area (Å²) < 4.78 is 11.3. The standard InChI is InChI=1S/C15H17N3OS/c1-11(20(2)19)7-8-17-15-12(9-16)10-18-14-6-4-3-5-13(14)15/h3-6,10-11H,7-8H2,1-2H3,(H,17,18). The number of nitriles is 1. The highest BCUT2D eigenvalue weighted by Gasteiger charge is 2.10. The lowest BCUT2D eigenvalue weighted by molar-refractivity contribution is 0.672. The van der Waals surface area contributed by atoms with Crippen LogP contribution < -0.4 is 5.32 Å². The van der Waals surface area contributed by atoms with Crippen molar-refractivity contribution >= 4 is 27.4 Å². The molecule has 0 aliphatic rings. The largest absolute Gasteiger partial charge is 0.383 e. The minimum atomic E-state index is -0.820. The maximum atomic E-state index is 11.3. The van der Waals surface area contributed by atoms with Crippen LogP contribution in [0.2, 0.25) is 0 Å². The third-order valence-corrected chi connectivity index (χ3v) is 4.68. The third-order valence-electron chi connectivity index (χ3n) is 3.32. The second-order valence-electron chi connectivity index (χ2n) is 4.70. The van der Waals surface area contributed by atoms with E-state index >= 15 is 0 Å². The molecule has 0 bridgehead atoms. The van der Waals surface area contributed by atoms with Crippen LogP contribution in [0.15, 0.2) is 30.5 Å². The van der Waals surface area contributed by atoms with E-state index in [-0.39, 0.29) is 5.25 Å². The Balaban J connectivity index is 2.24. The summed E-state index contributed by atoms with van der Waals surface area (Å²) in [5.74, 6) is 0. The summed E-state index contributed by atoms with van der Waals surface area (Å²) in [4.78, 5) is 4.27. The van der Waals surface area contributed by atoms with Gasteiger partial charge >= 0.3 is 0 Å². The molecule has 0 fully saturated rings. The average Bonchev–Trinajstić information content (AvgIpc) is 2.47. The monoisotopic (exact) mass is 287 g/mol. The van der Waals surface area contributed by atoms with Gasteiger partial charge in [0, 0.05) is 40.4 Å². The van der Waals surface area contributed by atoms with Crippen molar-refractivity contribution in [1.82, 2.24) is 4.98 Å². The summed E-state index contributed by atoms with van der Waals surface area (Å²) in [6.07, 6.45) is 4.10. The maximum absolute atomic E-state index is 11.3. The van der Waals surface area contributed by atoms with Crippen LogP contribution in [0.1, 0.15) is 18.9 Å². The Morgan fingerprint density at radius 2 is 2.20 bits per heavy atom. The molecule has 0 aliphatic heterocycles. The fourth-order valence-corrected chi connectivity index (χ4v) is 2.43. The number of pyridine rings is 1. The Morgan fingerprint density at radius 1 is 1.45 bits per heavy atom. The van der Waals surface area contributed by atoms with Crippen molar-refractivity contribution in [2.24, 2.45) is 0 Å². The Bertz CT molecular complexity index is 678. The van der Waals surface area contributed by atoms with Crippen LogP contribution >= 0.6 is 0 Å². The summed E-state index contributed by atoms with van der Waals surface area (Å²) in [6.45, 7) is 2.65. The topological polar surface area (TPSA) is 65.8 Å². The number of hydrogen-bond acceptors (Lipinski definition) is 4. The predicted octanol–water partition coefficient (Wildman–Crippen LogP) is 2.68. The fraction of sp³-hybridized carbons (Fsp3) is 0.333. The summed E-state index contributed by atoms with van der Waals surface area (Å²) in [6, 6.07) is 9.89. The molecule has 0 radical (unpaired) electrons. The van der Waals surface area contributed by atoms with E-state index in [0.717, 1.165) is 23.0 Å². The Hall–Kier alpha value is -1.93. The van der Waals surface area contributed by atoms with Gasteiger partial charge < -0.3 is 5.32 Å². The number of benzene rings is 1. The second-order valence-corrected chi connectivity index (χ2v) is 6.50. The molecule has 20 heavy (non-hydrogen) atoms. The molecule has 1 aromatic heterocycles. The zero-order valence-corrected chi connectivity index (χ0v) is 12.4. The highest BCUT2D eigenvalue weighted by atomic mass is 32.2. The third kappa shape index (κ3) is 3.14. The van der Waals surface area contributed by atoms with Gasteiger partial charge in [-0.1, -0.05) is 25.1 Å². The summed E-state index contributed by atoms with van der Waals surface area (Å²) in [5, 5.41) is 13.6. The van der Waals surface area contributed by atoms with Gasteiger partial charge in [0.15, 0.2) is 0 Å². The molecule has 2 rings (SSSR count). The quantitative estimate of drug-likeness (QED) is 0.918. The van der Waals surface area contributed by atoms with E-state index in [0.29, 0.717) is 12.1 Å². The van der Waals surface area contributed by atoms with Crippen molar-refractivity contribution in [2.75, 3.05) is 18.1 Å². The Morgan fingerprint density at radius 3 is 2.90 bits per heavy atom. The van der Waals surface area contributed by atoms with Crippen molar-refractivity contribution < 1.29 is 4.21 Å². The van der Waals surface area contributed by atoms with Crippen LogP contribution in [0.4, 0.5) is 5.69 Å². The summed E-state index contributed by atoms with van der Waals surface area (Å²) in [7, 11) is -0.820. The molecule has 5 heteroatoms. The molecule has 1 N–H and O–H groups in total. The lowest BCUT2D eigenvalue weighted by Gasteiger charge is -2.13. The zero-order valence-electron chi connectivity index (χ0n) is 11.6. The Labute approximate surface area is 121 Å². The zero-order chi connectivity index (χ0) is 14.5. The summed E-state index contributed by atoms with van der Waals surface area (Å²) >= 11 is 0. The Kier molecular flexibility index (Phi) is 4.70. The van der Waals surface area contributed by atoms with Crippen molar-refractivity contribution in [1.29, 1.82) is 5.26 Å². The molecule has 0 spiro atoms. The number of anilines is 1. The van der Waals surface area contributed by atoms with Gasteiger partial charge in [0.1, 0.15) is 6.07 Å². The maximum Gasteiger partial charge on any atom is 0.103 e. The number of hydrogen-bond donors (Lipinski definition) is 1. The predicted molar refractivity (Wildman–Crippen MR) is 83.1 cm³/mol. The first-order chi connectivity index (χ1) is 9.63. The number of aromatic nitrogens is 1. The van der Waals surface area contributed by atoms with Crippen molar-refractivity contribution in [2.45, 2.75) is 18.6 Å². The van der Waals surface area contributed by atoms with E-state index in [9.17, 15) is 9.47 Å². The molecule has 2 unspecified atom stereocenters. The van der Waals surface area contributed by atoms with Crippen LogP contribution in [0.25, 0.3) is 10.9 Å². The first-order valence-electron chi connectivity index (χ1n) is 6.47. The molecule has 1 aromatic carbocycles. The number of rotatable bonds is 5. The van der Waals surface area contributed by atoms with Crippen molar-refractivity contribution in [3.63, 3.8) is 0 Å². The van der Waals surface area contributed by atoms with Gasteiger partial charge in [0.05, 0.1) is 16.8 Å². The molecular formula is C15H17N3OS. The van der Waals surface area contributed by atoms with Gasteiger partial charge in [-0.2, -0.15) is 5.26 Å². The number of fused-ring (bicyclic) bond motifs is 1. The van der Waals surface area contributed by atoms with Crippen molar-refractivity contribution in [3.05, 3.63) is 36.0 Å². The van der Waals surface area contributed by atoms with Crippen LogP contribution in [0, 0.1) is 11.3 Å². The van der Waals surface area contributed by atoms with Gasteiger partial charge in [0.2, 0.25) is 0 Å². The molecule has 2 aromatic rings. The van der Waals surface area contributed by atoms with E-state index < -0.39 is 10.8 Å². The van der Waals surface area contributed by atoms with Gasteiger partial charge in [-0.05, 0) is 12.5 Å². The minimum absolute atomic E-state index is 0.140. The molecule has 0 aliphatic carbocycles. The first-order valence-corrected chi connectivity index (χ1v) is 8.09. The van der Waals surface area contributed by atoms with Gasteiger partial charge in [-0.3, -0.25) is 9.19 Å². The van der Waals surface area contributed by atoms with E-state index in [4.69, 9.17) is 0 Å². The van der Waals surface area contributed by atoms with E-state index in [1.807, 2.05) is 31.2 Å². The van der Waals surface area contributed by atoms with Gasteiger partial charge in [0.25, 0.3) is 0 Å².